The Morgan fingerprint density at radius 2 is 1.38 bits per heavy atom. The highest BCUT2D eigenvalue weighted by atomic mass is 35.5. The zero-order valence-electron chi connectivity index (χ0n) is 16.8. The van der Waals surface area contributed by atoms with Crippen LogP contribution in [0.25, 0.3) is 0 Å². The van der Waals surface area contributed by atoms with Gasteiger partial charge in [-0.3, -0.25) is 0 Å². The molecule has 150 valence electrons. The standard InChI is InChI=1S/C22H38Cl2NO/c1-3-4-5-6-7-8-9-10-11-12-15-25(2,16-17-26)19-20-13-14-21(23)22(24)18-20/h13-14,18,26H,3-12,15-17,19H2,1-2H3/q+1. The lowest BCUT2D eigenvalue weighted by molar-refractivity contribution is -0.923. The summed E-state index contributed by atoms with van der Waals surface area (Å²) in [6.07, 6.45) is 13.5. The molecule has 1 N–H and O–H groups in total. The molecule has 1 rings (SSSR count). The van der Waals surface area contributed by atoms with Crippen LogP contribution in [0.4, 0.5) is 0 Å². The van der Waals surface area contributed by atoms with Crippen molar-refractivity contribution in [2.75, 3.05) is 26.7 Å². The van der Waals surface area contributed by atoms with E-state index in [0.717, 1.165) is 24.1 Å². The van der Waals surface area contributed by atoms with Crippen LogP contribution in [-0.4, -0.2) is 36.3 Å². The fourth-order valence-corrected chi connectivity index (χ4v) is 3.89. The Bertz CT molecular complexity index is 495. The van der Waals surface area contributed by atoms with Gasteiger partial charge < -0.3 is 9.59 Å². The first-order chi connectivity index (χ1) is 12.5. The van der Waals surface area contributed by atoms with E-state index >= 15 is 0 Å². The Balaban J connectivity index is 2.27. The van der Waals surface area contributed by atoms with Gasteiger partial charge in [-0.15, -0.1) is 0 Å². The number of benzene rings is 1. The van der Waals surface area contributed by atoms with Crippen LogP contribution in [0.5, 0.6) is 0 Å². The van der Waals surface area contributed by atoms with Crippen molar-refractivity contribution in [1.29, 1.82) is 0 Å². The van der Waals surface area contributed by atoms with Crippen molar-refractivity contribution in [3.63, 3.8) is 0 Å². The molecular weight excluding hydrogens is 365 g/mol. The van der Waals surface area contributed by atoms with E-state index in [1.807, 2.05) is 18.2 Å². The molecule has 0 heterocycles. The maximum absolute atomic E-state index is 9.48. The molecule has 0 aromatic heterocycles. The van der Waals surface area contributed by atoms with Crippen LogP contribution < -0.4 is 0 Å². The van der Waals surface area contributed by atoms with Crippen LogP contribution in [0.15, 0.2) is 18.2 Å². The number of hydrogen-bond acceptors (Lipinski definition) is 1. The van der Waals surface area contributed by atoms with Crippen LogP contribution >= 0.6 is 23.2 Å². The highest BCUT2D eigenvalue weighted by molar-refractivity contribution is 6.42. The second-order valence-corrected chi connectivity index (χ2v) is 8.69. The Kier molecular flexibility index (Phi) is 12.6. The molecule has 0 radical (unpaired) electrons. The highest BCUT2D eigenvalue weighted by Gasteiger charge is 2.21. The highest BCUT2D eigenvalue weighted by Crippen LogP contribution is 2.24. The number of unbranched alkanes of at least 4 members (excludes halogenated alkanes) is 9. The second kappa shape index (κ2) is 13.8. The number of likely N-dealkylation sites (N-methyl/N-ethyl adjacent to an activating group) is 1. The van der Waals surface area contributed by atoms with Crippen molar-refractivity contribution < 1.29 is 9.59 Å². The van der Waals surface area contributed by atoms with E-state index in [1.165, 1.54) is 69.8 Å². The number of halogens is 2. The third-order valence-electron chi connectivity index (χ3n) is 5.24. The average Bonchev–Trinajstić information content (AvgIpc) is 2.60. The van der Waals surface area contributed by atoms with Crippen LogP contribution in [0.3, 0.4) is 0 Å². The first-order valence-corrected chi connectivity index (χ1v) is 11.1. The monoisotopic (exact) mass is 402 g/mol. The SMILES string of the molecule is CCCCCCCCCCCC[N+](C)(CCO)Cc1ccc(Cl)c(Cl)c1. The molecule has 0 aliphatic carbocycles. The lowest BCUT2D eigenvalue weighted by Gasteiger charge is -2.34. The lowest BCUT2D eigenvalue weighted by Crippen LogP contribution is -2.46. The van der Waals surface area contributed by atoms with Gasteiger partial charge in [-0.25, -0.2) is 0 Å². The van der Waals surface area contributed by atoms with E-state index < -0.39 is 0 Å². The van der Waals surface area contributed by atoms with Crippen molar-refractivity contribution in [3.8, 4) is 0 Å². The second-order valence-electron chi connectivity index (χ2n) is 7.88. The molecule has 0 aliphatic heterocycles. The van der Waals surface area contributed by atoms with Crippen molar-refractivity contribution in [1.82, 2.24) is 0 Å². The summed E-state index contributed by atoms with van der Waals surface area (Å²) in [5.74, 6) is 0. The lowest BCUT2D eigenvalue weighted by atomic mass is 10.1. The van der Waals surface area contributed by atoms with Crippen LogP contribution in [0, 0.1) is 0 Å². The van der Waals surface area contributed by atoms with Crippen molar-refractivity contribution in [3.05, 3.63) is 33.8 Å². The summed E-state index contributed by atoms with van der Waals surface area (Å²) in [5, 5.41) is 10.7. The zero-order chi connectivity index (χ0) is 19.3. The molecule has 0 amide bonds. The summed E-state index contributed by atoms with van der Waals surface area (Å²) < 4.78 is 0.853. The van der Waals surface area contributed by atoms with Gasteiger partial charge >= 0.3 is 0 Å². The molecule has 0 fully saturated rings. The van der Waals surface area contributed by atoms with Crippen molar-refractivity contribution in [2.45, 2.75) is 77.7 Å². The molecule has 0 spiro atoms. The summed E-state index contributed by atoms with van der Waals surface area (Å²) in [7, 11) is 2.23. The summed E-state index contributed by atoms with van der Waals surface area (Å²) in [6, 6.07) is 5.86. The third-order valence-corrected chi connectivity index (χ3v) is 5.98. The normalized spacial score (nSPS) is 13.7. The Hall–Kier alpha value is -0.280. The molecule has 1 aromatic rings. The molecular formula is C22H38Cl2NO+. The number of aliphatic hydroxyl groups is 1. The van der Waals surface area contributed by atoms with Gasteiger partial charge in [0.05, 0.1) is 30.2 Å². The van der Waals surface area contributed by atoms with Gasteiger partial charge in [0.15, 0.2) is 0 Å². The number of quaternary nitrogens is 1. The summed E-state index contributed by atoms with van der Waals surface area (Å²) in [6.45, 7) is 5.24. The van der Waals surface area contributed by atoms with E-state index in [4.69, 9.17) is 23.2 Å². The minimum atomic E-state index is 0.218. The maximum atomic E-state index is 9.48. The molecule has 26 heavy (non-hydrogen) atoms. The van der Waals surface area contributed by atoms with Gasteiger partial charge in [-0.1, -0.05) is 87.6 Å². The Morgan fingerprint density at radius 3 is 1.92 bits per heavy atom. The largest absolute Gasteiger partial charge is 0.391 e. The summed E-state index contributed by atoms with van der Waals surface area (Å²) >= 11 is 12.2. The minimum Gasteiger partial charge on any atom is -0.391 e. The van der Waals surface area contributed by atoms with Gasteiger partial charge in [0.25, 0.3) is 0 Å². The van der Waals surface area contributed by atoms with Gasteiger partial charge in [0.2, 0.25) is 0 Å². The molecule has 0 aliphatic rings. The first kappa shape index (κ1) is 23.8. The fraction of sp³-hybridized carbons (Fsp3) is 0.727. The fourth-order valence-electron chi connectivity index (χ4n) is 3.57. The quantitative estimate of drug-likeness (QED) is 0.251. The first-order valence-electron chi connectivity index (χ1n) is 10.4. The molecule has 4 heteroatoms. The predicted molar refractivity (Wildman–Crippen MR) is 115 cm³/mol. The maximum Gasteiger partial charge on any atom is 0.104 e. The smallest absolute Gasteiger partial charge is 0.104 e. The van der Waals surface area contributed by atoms with Crippen LogP contribution in [0.2, 0.25) is 10.0 Å². The minimum absolute atomic E-state index is 0.218. The van der Waals surface area contributed by atoms with Gasteiger partial charge in [0, 0.05) is 5.56 Å². The predicted octanol–water partition coefficient (Wildman–Crippen LogP) is 6.85. The summed E-state index contributed by atoms with van der Waals surface area (Å²) in [5.41, 5.74) is 1.18. The van der Waals surface area contributed by atoms with Crippen molar-refractivity contribution in [2.24, 2.45) is 0 Å². The molecule has 0 saturated heterocycles. The van der Waals surface area contributed by atoms with E-state index in [0.29, 0.717) is 10.0 Å². The molecule has 2 nitrogen and oxygen atoms in total. The molecule has 0 bridgehead atoms. The van der Waals surface area contributed by atoms with E-state index in [2.05, 4.69) is 14.0 Å². The molecule has 1 aromatic carbocycles. The van der Waals surface area contributed by atoms with Gasteiger partial charge in [-0.2, -0.15) is 0 Å². The van der Waals surface area contributed by atoms with E-state index in [-0.39, 0.29) is 6.61 Å². The summed E-state index contributed by atoms with van der Waals surface area (Å²) in [4.78, 5) is 0. The topological polar surface area (TPSA) is 20.2 Å². The number of rotatable bonds is 15. The molecule has 1 unspecified atom stereocenters. The molecule has 1 atom stereocenters. The number of aliphatic hydroxyl groups excluding tert-OH is 1. The van der Waals surface area contributed by atoms with Crippen LogP contribution in [0.1, 0.15) is 76.7 Å². The van der Waals surface area contributed by atoms with Gasteiger partial charge in [0.1, 0.15) is 13.1 Å². The number of nitrogens with zero attached hydrogens (tertiary/aromatic N) is 1. The van der Waals surface area contributed by atoms with Gasteiger partial charge in [-0.05, 0) is 25.0 Å². The zero-order valence-corrected chi connectivity index (χ0v) is 18.3. The molecule has 0 saturated carbocycles. The van der Waals surface area contributed by atoms with Crippen molar-refractivity contribution >= 4 is 23.2 Å². The average molecular weight is 403 g/mol. The Morgan fingerprint density at radius 1 is 0.808 bits per heavy atom. The van der Waals surface area contributed by atoms with E-state index in [9.17, 15) is 5.11 Å². The van der Waals surface area contributed by atoms with Crippen LogP contribution in [-0.2, 0) is 6.54 Å². The van der Waals surface area contributed by atoms with E-state index in [1.54, 1.807) is 0 Å². The Labute approximate surface area is 171 Å². The third kappa shape index (κ3) is 10.2. The number of hydrogen-bond donors (Lipinski definition) is 1.